The second kappa shape index (κ2) is 7.39. The first-order valence-corrected chi connectivity index (χ1v) is 5.85. The standard InChI is InChI=1S/C12H23N3/c1-5-6-7-8-9-11(2)14-15-12(3,4)10-13/h11H,5-9H2,1-4H3. The fourth-order valence-electron chi connectivity index (χ4n) is 1.19. The summed E-state index contributed by atoms with van der Waals surface area (Å²) in [5.74, 6) is 0. The Morgan fingerprint density at radius 2 is 1.93 bits per heavy atom. The van der Waals surface area contributed by atoms with Gasteiger partial charge < -0.3 is 0 Å². The first-order chi connectivity index (χ1) is 7.02. The third-order valence-electron chi connectivity index (χ3n) is 2.25. The Bertz CT molecular complexity index is 226. The molecular weight excluding hydrogens is 186 g/mol. The Balaban J connectivity index is 3.74. The number of hydrogen-bond donors (Lipinski definition) is 0. The number of nitriles is 1. The maximum absolute atomic E-state index is 8.75. The van der Waals surface area contributed by atoms with Crippen LogP contribution >= 0.6 is 0 Å². The highest BCUT2D eigenvalue weighted by molar-refractivity contribution is 4.99. The molecule has 3 heteroatoms. The lowest BCUT2D eigenvalue weighted by Crippen LogP contribution is -2.12. The van der Waals surface area contributed by atoms with E-state index in [0.29, 0.717) is 0 Å². The van der Waals surface area contributed by atoms with Gasteiger partial charge in [0, 0.05) is 0 Å². The topological polar surface area (TPSA) is 48.5 Å². The number of nitrogens with zero attached hydrogens (tertiary/aromatic N) is 3. The minimum absolute atomic E-state index is 0.245. The lowest BCUT2D eigenvalue weighted by molar-refractivity contribution is 0.525. The van der Waals surface area contributed by atoms with E-state index in [1.54, 1.807) is 13.8 Å². The SMILES string of the molecule is CCCCCCC(C)N=NC(C)(C)C#N. The lowest BCUT2D eigenvalue weighted by atomic mass is 10.1. The van der Waals surface area contributed by atoms with Gasteiger partial charge in [-0.25, -0.2) is 0 Å². The molecule has 0 amide bonds. The van der Waals surface area contributed by atoms with E-state index in [0.717, 1.165) is 6.42 Å². The molecule has 1 atom stereocenters. The van der Waals surface area contributed by atoms with Gasteiger partial charge in [-0.15, -0.1) is 0 Å². The molecular formula is C12H23N3. The fraction of sp³-hybridized carbons (Fsp3) is 0.917. The normalized spacial score (nSPS) is 14.1. The maximum atomic E-state index is 8.75. The molecule has 0 spiro atoms. The number of hydrogen-bond acceptors (Lipinski definition) is 3. The molecule has 0 radical (unpaired) electrons. The van der Waals surface area contributed by atoms with E-state index in [2.05, 4.69) is 30.1 Å². The summed E-state index contributed by atoms with van der Waals surface area (Å²) in [6.45, 7) is 7.82. The molecule has 0 aliphatic rings. The van der Waals surface area contributed by atoms with Gasteiger partial charge in [0.1, 0.15) is 0 Å². The van der Waals surface area contributed by atoms with Crippen molar-refractivity contribution in [3.05, 3.63) is 0 Å². The first-order valence-electron chi connectivity index (χ1n) is 5.85. The van der Waals surface area contributed by atoms with Crippen molar-refractivity contribution in [1.82, 2.24) is 0 Å². The van der Waals surface area contributed by atoms with E-state index in [-0.39, 0.29) is 6.04 Å². The van der Waals surface area contributed by atoms with Gasteiger partial charge in [0.15, 0.2) is 5.54 Å². The van der Waals surface area contributed by atoms with E-state index < -0.39 is 5.54 Å². The van der Waals surface area contributed by atoms with Crippen LogP contribution in [0.1, 0.15) is 59.8 Å². The molecule has 0 N–H and O–H groups in total. The molecule has 0 saturated carbocycles. The first kappa shape index (κ1) is 14.1. The van der Waals surface area contributed by atoms with Crippen molar-refractivity contribution in [2.75, 3.05) is 0 Å². The van der Waals surface area contributed by atoms with Crippen LogP contribution in [-0.2, 0) is 0 Å². The summed E-state index contributed by atoms with van der Waals surface area (Å²) >= 11 is 0. The zero-order valence-corrected chi connectivity index (χ0v) is 10.5. The largest absolute Gasteiger partial charge is 0.196 e. The van der Waals surface area contributed by atoms with Crippen molar-refractivity contribution < 1.29 is 0 Å². The minimum Gasteiger partial charge on any atom is -0.196 e. The molecule has 86 valence electrons. The van der Waals surface area contributed by atoms with Crippen LogP contribution in [0.15, 0.2) is 10.2 Å². The molecule has 1 unspecified atom stereocenters. The van der Waals surface area contributed by atoms with Gasteiger partial charge in [0.2, 0.25) is 0 Å². The van der Waals surface area contributed by atoms with Crippen LogP contribution in [0.25, 0.3) is 0 Å². The highest BCUT2D eigenvalue weighted by atomic mass is 15.2. The summed E-state index contributed by atoms with van der Waals surface area (Å²) in [6.07, 6.45) is 6.12. The molecule has 0 aliphatic carbocycles. The quantitative estimate of drug-likeness (QED) is 0.460. The Kier molecular flexibility index (Phi) is 6.94. The fourth-order valence-corrected chi connectivity index (χ4v) is 1.19. The van der Waals surface area contributed by atoms with Gasteiger partial charge in [0.25, 0.3) is 0 Å². The number of rotatable bonds is 7. The van der Waals surface area contributed by atoms with Gasteiger partial charge >= 0.3 is 0 Å². The van der Waals surface area contributed by atoms with Crippen LogP contribution in [0.4, 0.5) is 0 Å². The average Bonchev–Trinajstić information content (AvgIpc) is 2.22. The van der Waals surface area contributed by atoms with Crippen LogP contribution in [0.5, 0.6) is 0 Å². The molecule has 0 aromatic heterocycles. The van der Waals surface area contributed by atoms with Gasteiger partial charge in [-0.3, -0.25) is 0 Å². The van der Waals surface area contributed by atoms with Gasteiger partial charge in [-0.05, 0) is 27.2 Å². The van der Waals surface area contributed by atoms with E-state index in [9.17, 15) is 0 Å². The molecule has 0 rings (SSSR count). The highest BCUT2D eigenvalue weighted by Crippen LogP contribution is 2.12. The second-order valence-electron chi connectivity index (χ2n) is 4.58. The summed E-state index contributed by atoms with van der Waals surface area (Å²) in [7, 11) is 0. The van der Waals surface area contributed by atoms with Crippen LogP contribution in [0.2, 0.25) is 0 Å². The summed E-state index contributed by atoms with van der Waals surface area (Å²) in [6, 6.07) is 2.36. The monoisotopic (exact) mass is 209 g/mol. The van der Waals surface area contributed by atoms with Crippen LogP contribution in [-0.4, -0.2) is 11.6 Å². The van der Waals surface area contributed by atoms with Crippen LogP contribution in [0.3, 0.4) is 0 Å². The van der Waals surface area contributed by atoms with Crippen molar-refractivity contribution in [1.29, 1.82) is 5.26 Å². The van der Waals surface area contributed by atoms with Crippen molar-refractivity contribution >= 4 is 0 Å². The molecule has 15 heavy (non-hydrogen) atoms. The summed E-state index contributed by atoms with van der Waals surface area (Å²) in [4.78, 5) is 0. The number of azo groups is 1. The smallest absolute Gasteiger partial charge is 0.161 e. The predicted octanol–water partition coefficient (Wildman–Crippen LogP) is 4.10. The average molecular weight is 209 g/mol. The van der Waals surface area contributed by atoms with Crippen LogP contribution in [0, 0.1) is 11.3 Å². The highest BCUT2D eigenvalue weighted by Gasteiger charge is 2.14. The van der Waals surface area contributed by atoms with Gasteiger partial charge in [-0.1, -0.05) is 32.6 Å². The lowest BCUT2D eigenvalue weighted by Gasteiger charge is -2.09. The molecule has 0 aromatic rings. The molecule has 3 nitrogen and oxygen atoms in total. The summed E-state index contributed by atoms with van der Waals surface area (Å²) in [5, 5.41) is 17.0. The second-order valence-corrected chi connectivity index (χ2v) is 4.58. The van der Waals surface area contributed by atoms with Crippen molar-refractivity contribution in [2.45, 2.75) is 71.4 Å². The van der Waals surface area contributed by atoms with E-state index in [1.807, 2.05) is 0 Å². The Morgan fingerprint density at radius 3 is 2.47 bits per heavy atom. The van der Waals surface area contributed by atoms with E-state index in [4.69, 9.17) is 5.26 Å². The third-order valence-corrected chi connectivity index (χ3v) is 2.25. The van der Waals surface area contributed by atoms with E-state index in [1.165, 1.54) is 25.7 Å². The summed E-state index contributed by atoms with van der Waals surface area (Å²) in [5.41, 5.74) is -0.669. The van der Waals surface area contributed by atoms with Gasteiger partial charge in [-0.2, -0.15) is 15.5 Å². The zero-order valence-electron chi connectivity index (χ0n) is 10.5. The predicted molar refractivity (Wildman–Crippen MR) is 62.8 cm³/mol. The zero-order chi connectivity index (χ0) is 11.7. The summed E-state index contributed by atoms with van der Waals surface area (Å²) < 4.78 is 0. The Hall–Kier alpha value is -0.910. The van der Waals surface area contributed by atoms with Crippen molar-refractivity contribution in [2.24, 2.45) is 10.2 Å². The van der Waals surface area contributed by atoms with Gasteiger partial charge in [0.05, 0.1) is 12.1 Å². The molecule has 0 fully saturated rings. The van der Waals surface area contributed by atoms with E-state index >= 15 is 0 Å². The molecule has 0 aromatic carbocycles. The van der Waals surface area contributed by atoms with Crippen molar-refractivity contribution in [3.63, 3.8) is 0 Å². The number of unbranched alkanes of at least 4 members (excludes halogenated alkanes) is 3. The van der Waals surface area contributed by atoms with Crippen LogP contribution < -0.4 is 0 Å². The molecule has 0 saturated heterocycles. The molecule has 0 aliphatic heterocycles. The molecule has 0 bridgehead atoms. The Labute approximate surface area is 93.6 Å². The van der Waals surface area contributed by atoms with Crippen molar-refractivity contribution in [3.8, 4) is 6.07 Å². The molecule has 0 heterocycles. The maximum Gasteiger partial charge on any atom is 0.161 e. The third kappa shape index (κ3) is 8.11. The Morgan fingerprint density at radius 1 is 1.27 bits per heavy atom. The minimum atomic E-state index is -0.669.